The Hall–Kier alpha value is -0.780. The Balaban J connectivity index is 0.00000220. The van der Waals surface area contributed by atoms with E-state index in [2.05, 4.69) is 21.2 Å². The van der Waals surface area contributed by atoms with Crippen molar-refractivity contribution in [1.29, 1.82) is 0 Å². The number of carbonyl (C=O) groups excluding carboxylic acids is 1. The van der Waals surface area contributed by atoms with E-state index in [1.807, 2.05) is 24.3 Å². The number of nitrogens with two attached hydrogens (primary N) is 1. The van der Waals surface area contributed by atoms with Crippen molar-refractivity contribution in [3.8, 4) is 5.75 Å². The fourth-order valence-electron chi connectivity index (χ4n) is 2.51. The van der Waals surface area contributed by atoms with Crippen LogP contribution in [0, 0.1) is 5.92 Å². The minimum absolute atomic E-state index is 0. The van der Waals surface area contributed by atoms with Crippen molar-refractivity contribution in [3.63, 3.8) is 0 Å². The van der Waals surface area contributed by atoms with Gasteiger partial charge in [-0.2, -0.15) is 0 Å². The van der Waals surface area contributed by atoms with Crippen molar-refractivity contribution >= 4 is 34.2 Å². The molecule has 4 nitrogen and oxygen atoms in total. The first-order chi connectivity index (χ1) is 9.65. The lowest BCUT2D eigenvalue weighted by Crippen LogP contribution is -2.39. The fourth-order valence-corrected chi connectivity index (χ4v) is 2.89. The summed E-state index contributed by atoms with van der Waals surface area (Å²) in [6, 6.07) is 7.84. The molecule has 2 atom stereocenters. The lowest BCUT2D eigenvalue weighted by Gasteiger charge is -2.25. The van der Waals surface area contributed by atoms with Crippen LogP contribution in [0.25, 0.3) is 0 Å². The van der Waals surface area contributed by atoms with Crippen LogP contribution in [-0.2, 0) is 4.79 Å². The normalized spacial score (nSPS) is 21.2. The Morgan fingerprint density at radius 1 is 1.43 bits per heavy atom. The number of rotatable bonds is 5. The van der Waals surface area contributed by atoms with E-state index in [-0.39, 0.29) is 30.3 Å². The van der Waals surface area contributed by atoms with E-state index in [0.717, 1.165) is 35.9 Å². The van der Waals surface area contributed by atoms with Gasteiger partial charge in [0.25, 0.3) is 0 Å². The highest BCUT2D eigenvalue weighted by atomic mass is 79.9. The molecule has 1 aliphatic rings. The van der Waals surface area contributed by atoms with Gasteiger partial charge in [0.2, 0.25) is 5.91 Å². The standard InChI is InChI=1S/C15H21BrN2O2.ClH/c16-12-4-2-6-14(10-12)20-8-7-18-15(19)11-3-1-5-13(17)9-11;/h2,4,6,10-11,13H,1,3,5,7-9,17H2,(H,18,19);1H. The third kappa shape index (κ3) is 6.24. The number of halogens is 2. The number of nitrogens with one attached hydrogen (secondary N) is 1. The van der Waals surface area contributed by atoms with Gasteiger partial charge in [-0.25, -0.2) is 0 Å². The van der Waals surface area contributed by atoms with Gasteiger partial charge in [0.05, 0.1) is 6.54 Å². The number of ether oxygens (including phenoxy) is 1. The van der Waals surface area contributed by atoms with E-state index in [1.165, 1.54) is 0 Å². The summed E-state index contributed by atoms with van der Waals surface area (Å²) < 4.78 is 6.56. The molecule has 1 aliphatic carbocycles. The summed E-state index contributed by atoms with van der Waals surface area (Å²) >= 11 is 3.39. The zero-order chi connectivity index (χ0) is 14.4. The largest absolute Gasteiger partial charge is 0.492 e. The van der Waals surface area contributed by atoms with Gasteiger partial charge in [0.15, 0.2) is 0 Å². The molecule has 2 rings (SSSR count). The van der Waals surface area contributed by atoms with Crippen LogP contribution in [0.2, 0.25) is 0 Å². The fraction of sp³-hybridized carbons (Fsp3) is 0.533. The second-order valence-corrected chi connectivity index (χ2v) is 6.14. The molecule has 1 aromatic carbocycles. The van der Waals surface area contributed by atoms with Gasteiger partial charge < -0.3 is 15.8 Å². The van der Waals surface area contributed by atoms with Crippen molar-refractivity contribution in [2.75, 3.05) is 13.2 Å². The summed E-state index contributed by atoms with van der Waals surface area (Å²) in [7, 11) is 0. The zero-order valence-electron chi connectivity index (χ0n) is 11.9. The third-order valence-corrected chi connectivity index (χ3v) is 4.04. The molecule has 118 valence electrons. The average Bonchev–Trinajstić information content (AvgIpc) is 2.43. The van der Waals surface area contributed by atoms with Crippen LogP contribution in [0.3, 0.4) is 0 Å². The molecule has 0 spiro atoms. The van der Waals surface area contributed by atoms with Gasteiger partial charge in [-0.3, -0.25) is 4.79 Å². The topological polar surface area (TPSA) is 64.4 Å². The van der Waals surface area contributed by atoms with Crippen LogP contribution in [0.15, 0.2) is 28.7 Å². The van der Waals surface area contributed by atoms with Crippen LogP contribution in [0.1, 0.15) is 25.7 Å². The molecular formula is C15H22BrClN2O2. The lowest BCUT2D eigenvalue weighted by atomic mass is 9.85. The Morgan fingerprint density at radius 2 is 2.24 bits per heavy atom. The van der Waals surface area contributed by atoms with E-state index in [9.17, 15) is 4.79 Å². The van der Waals surface area contributed by atoms with Crippen molar-refractivity contribution < 1.29 is 9.53 Å². The van der Waals surface area contributed by atoms with Crippen LogP contribution in [0.4, 0.5) is 0 Å². The molecule has 0 saturated heterocycles. The molecule has 0 aromatic heterocycles. The maximum Gasteiger partial charge on any atom is 0.223 e. The number of benzene rings is 1. The molecule has 2 unspecified atom stereocenters. The molecule has 0 radical (unpaired) electrons. The first-order valence-corrected chi connectivity index (χ1v) is 7.86. The highest BCUT2D eigenvalue weighted by Crippen LogP contribution is 2.23. The number of hydrogen-bond acceptors (Lipinski definition) is 3. The molecule has 1 aromatic rings. The molecule has 3 N–H and O–H groups in total. The van der Waals surface area contributed by atoms with E-state index in [0.29, 0.717) is 13.2 Å². The molecule has 0 heterocycles. The summed E-state index contributed by atoms with van der Waals surface area (Å²) in [4.78, 5) is 12.0. The molecule has 6 heteroatoms. The minimum atomic E-state index is 0. The number of hydrogen-bond donors (Lipinski definition) is 2. The van der Waals surface area contributed by atoms with Gasteiger partial charge in [0.1, 0.15) is 12.4 Å². The highest BCUT2D eigenvalue weighted by Gasteiger charge is 2.24. The molecule has 1 fully saturated rings. The monoisotopic (exact) mass is 376 g/mol. The Morgan fingerprint density at radius 3 is 2.95 bits per heavy atom. The van der Waals surface area contributed by atoms with Gasteiger partial charge in [-0.1, -0.05) is 28.4 Å². The van der Waals surface area contributed by atoms with E-state index in [4.69, 9.17) is 10.5 Å². The summed E-state index contributed by atoms with van der Waals surface area (Å²) in [6.07, 6.45) is 3.84. The summed E-state index contributed by atoms with van der Waals surface area (Å²) in [6.45, 7) is 0.998. The lowest BCUT2D eigenvalue weighted by molar-refractivity contribution is -0.126. The van der Waals surface area contributed by atoms with E-state index < -0.39 is 0 Å². The zero-order valence-corrected chi connectivity index (χ0v) is 14.3. The van der Waals surface area contributed by atoms with Crippen molar-refractivity contribution in [2.24, 2.45) is 11.7 Å². The summed E-state index contributed by atoms with van der Waals surface area (Å²) in [5, 5.41) is 2.93. The minimum Gasteiger partial charge on any atom is -0.492 e. The van der Waals surface area contributed by atoms with Crippen LogP contribution in [0.5, 0.6) is 5.75 Å². The highest BCUT2D eigenvalue weighted by molar-refractivity contribution is 9.10. The van der Waals surface area contributed by atoms with Crippen LogP contribution < -0.4 is 15.8 Å². The van der Waals surface area contributed by atoms with Crippen molar-refractivity contribution in [1.82, 2.24) is 5.32 Å². The summed E-state index contributed by atoms with van der Waals surface area (Å²) in [5.74, 6) is 0.982. The molecular weight excluding hydrogens is 356 g/mol. The Bertz CT molecular complexity index is 459. The Labute approximate surface area is 140 Å². The third-order valence-electron chi connectivity index (χ3n) is 3.55. The molecule has 21 heavy (non-hydrogen) atoms. The number of amides is 1. The van der Waals surface area contributed by atoms with E-state index >= 15 is 0 Å². The van der Waals surface area contributed by atoms with Crippen molar-refractivity contribution in [2.45, 2.75) is 31.7 Å². The predicted molar refractivity (Wildman–Crippen MR) is 89.8 cm³/mol. The van der Waals surface area contributed by atoms with Crippen LogP contribution >= 0.6 is 28.3 Å². The second kappa shape index (κ2) is 9.28. The molecule has 0 bridgehead atoms. The SMILES string of the molecule is Cl.NC1CCCC(C(=O)NCCOc2cccc(Br)c2)C1. The predicted octanol–water partition coefficient (Wildman–Crippen LogP) is 2.88. The van der Waals surface area contributed by atoms with E-state index in [1.54, 1.807) is 0 Å². The average molecular weight is 378 g/mol. The first-order valence-electron chi connectivity index (χ1n) is 7.07. The maximum absolute atomic E-state index is 12.0. The first kappa shape index (κ1) is 18.3. The summed E-state index contributed by atoms with van der Waals surface area (Å²) in [5.41, 5.74) is 5.90. The van der Waals surface area contributed by atoms with Crippen LogP contribution in [-0.4, -0.2) is 25.1 Å². The Kier molecular flexibility index (Phi) is 8.07. The second-order valence-electron chi connectivity index (χ2n) is 5.22. The smallest absolute Gasteiger partial charge is 0.223 e. The van der Waals surface area contributed by atoms with Gasteiger partial charge in [0, 0.05) is 16.4 Å². The van der Waals surface area contributed by atoms with Gasteiger partial charge in [-0.15, -0.1) is 12.4 Å². The molecule has 1 saturated carbocycles. The van der Waals surface area contributed by atoms with Gasteiger partial charge >= 0.3 is 0 Å². The molecule has 1 amide bonds. The van der Waals surface area contributed by atoms with Gasteiger partial charge in [-0.05, 0) is 37.5 Å². The number of carbonyl (C=O) groups is 1. The maximum atomic E-state index is 12.0. The van der Waals surface area contributed by atoms with Crippen molar-refractivity contribution in [3.05, 3.63) is 28.7 Å². The quantitative estimate of drug-likeness (QED) is 0.776. The molecule has 0 aliphatic heterocycles.